The Bertz CT molecular complexity index is 1230. The van der Waals surface area contributed by atoms with Gasteiger partial charge in [-0.3, -0.25) is 4.98 Å². The summed E-state index contributed by atoms with van der Waals surface area (Å²) in [7, 11) is 0. The van der Waals surface area contributed by atoms with Gasteiger partial charge in [0.05, 0.1) is 11.2 Å². The molecule has 3 aromatic heterocycles. The lowest BCUT2D eigenvalue weighted by molar-refractivity contribution is 1.33. The summed E-state index contributed by atoms with van der Waals surface area (Å²) >= 11 is 6.25. The van der Waals surface area contributed by atoms with Crippen molar-refractivity contribution in [2.45, 2.75) is 0 Å². The molecular formula is C23H16ClN3. The molecule has 0 bridgehead atoms. The van der Waals surface area contributed by atoms with E-state index in [2.05, 4.69) is 51.5 Å². The highest BCUT2D eigenvalue weighted by Gasteiger charge is 2.18. The summed E-state index contributed by atoms with van der Waals surface area (Å²) in [6.45, 7) is 0. The van der Waals surface area contributed by atoms with Gasteiger partial charge in [-0.25, -0.2) is 0 Å². The molecule has 3 heterocycles. The van der Waals surface area contributed by atoms with Gasteiger partial charge in [0.2, 0.25) is 0 Å². The van der Waals surface area contributed by atoms with Gasteiger partial charge in [-0.2, -0.15) is 0 Å². The van der Waals surface area contributed by atoms with Crippen LogP contribution in [0, 0.1) is 0 Å². The topological polar surface area (TPSA) is 44.5 Å². The van der Waals surface area contributed by atoms with E-state index in [0.717, 1.165) is 44.1 Å². The van der Waals surface area contributed by atoms with Crippen molar-refractivity contribution in [3.63, 3.8) is 0 Å². The number of halogens is 1. The van der Waals surface area contributed by atoms with E-state index in [1.54, 1.807) is 0 Å². The Morgan fingerprint density at radius 1 is 0.778 bits per heavy atom. The maximum atomic E-state index is 6.25. The van der Waals surface area contributed by atoms with E-state index in [0.29, 0.717) is 0 Å². The molecule has 0 spiro atoms. The van der Waals surface area contributed by atoms with Gasteiger partial charge in [0, 0.05) is 52.1 Å². The van der Waals surface area contributed by atoms with E-state index >= 15 is 0 Å². The number of fused-ring (bicyclic) bond motifs is 1. The second kappa shape index (κ2) is 6.45. The number of para-hydroxylation sites is 1. The molecule has 0 atom stereocenters. The number of hydrogen-bond donors (Lipinski definition) is 2. The number of benzene rings is 2. The second-order valence-corrected chi connectivity index (χ2v) is 6.88. The minimum absolute atomic E-state index is 0.718. The van der Waals surface area contributed by atoms with Crippen LogP contribution < -0.4 is 0 Å². The first-order valence-electron chi connectivity index (χ1n) is 8.75. The van der Waals surface area contributed by atoms with E-state index in [1.165, 1.54) is 5.39 Å². The fraction of sp³-hybridized carbons (Fsp3) is 0. The number of nitrogens with one attached hydrogen (secondary N) is 2. The average molecular weight is 370 g/mol. The van der Waals surface area contributed by atoms with Crippen LogP contribution in [0.1, 0.15) is 0 Å². The molecule has 0 saturated carbocycles. The Hall–Kier alpha value is -3.30. The van der Waals surface area contributed by atoms with Gasteiger partial charge in [0.15, 0.2) is 0 Å². The van der Waals surface area contributed by atoms with Crippen LogP contribution in [0.5, 0.6) is 0 Å². The number of aromatic amines is 2. The smallest absolute Gasteiger partial charge is 0.0540 e. The third-order valence-corrected chi connectivity index (χ3v) is 5.07. The van der Waals surface area contributed by atoms with Crippen LogP contribution in [0.4, 0.5) is 0 Å². The van der Waals surface area contributed by atoms with Crippen LogP contribution in [0.25, 0.3) is 44.4 Å². The first kappa shape index (κ1) is 15.9. The van der Waals surface area contributed by atoms with Gasteiger partial charge in [-0.05, 0) is 41.3 Å². The largest absolute Gasteiger partial charge is 0.361 e. The van der Waals surface area contributed by atoms with Gasteiger partial charge in [-0.1, -0.05) is 41.9 Å². The van der Waals surface area contributed by atoms with Crippen molar-refractivity contribution >= 4 is 22.5 Å². The lowest BCUT2D eigenvalue weighted by Crippen LogP contribution is -1.86. The fourth-order valence-corrected chi connectivity index (χ4v) is 3.83. The Balaban J connectivity index is 1.82. The minimum atomic E-state index is 0.718. The lowest BCUT2D eigenvalue weighted by Gasteiger charge is -2.10. The summed E-state index contributed by atoms with van der Waals surface area (Å²) in [6.07, 6.45) is 7.69. The molecule has 3 nitrogen and oxygen atoms in total. The molecule has 0 radical (unpaired) electrons. The molecule has 130 valence electrons. The van der Waals surface area contributed by atoms with Gasteiger partial charge in [-0.15, -0.1) is 0 Å². The number of pyridine rings is 1. The molecule has 4 heteroatoms. The highest BCUT2D eigenvalue weighted by Crippen LogP contribution is 2.41. The normalized spacial score (nSPS) is 11.1. The monoisotopic (exact) mass is 369 g/mol. The molecule has 0 aliphatic rings. The maximum absolute atomic E-state index is 6.25. The van der Waals surface area contributed by atoms with Crippen LogP contribution in [0.2, 0.25) is 5.02 Å². The van der Waals surface area contributed by atoms with E-state index in [4.69, 9.17) is 11.6 Å². The zero-order valence-electron chi connectivity index (χ0n) is 14.4. The third kappa shape index (κ3) is 2.73. The van der Waals surface area contributed by atoms with E-state index < -0.39 is 0 Å². The molecule has 2 N–H and O–H groups in total. The van der Waals surface area contributed by atoms with Crippen LogP contribution >= 0.6 is 11.6 Å². The van der Waals surface area contributed by atoms with E-state index in [-0.39, 0.29) is 0 Å². The predicted molar refractivity (Wildman–Crippen MR) is 112 cm³/mol. The molecule has 0 aliphatic carbocycles. The van der Waals surface area contributed by atoms with Gasteiger partial charge < -0.3 is 9.97 Å². The highest BCUT2D eigenvalue weighted by atomic mass is 35.5. The van der Waals surface area contributed by atoms with Crippen LogP contribution in [0.15, 0.2) is 85.5 Å². The first-order valence-corrected chi connectivity index (χ1v) is 9.13. The summed E-state index contributed by atoms with van der Waals surface area (Å²) < 4.78 is 0. The summed E-state index contributed by atoms with van der Waals surface area (Å²) in [5.74, 6) is 0. The molecule has 0 saturated heterocycles. The number of aromatic nitrogens is 3. The second-order valence-electron chi connectivity index (χ2n) is 6.45. The van der Waals surface area contributed by atoms with Gasteiger partial charge in [0.1, 0.15) is 0 Å². The third-order valence-electron chi connectivity index (χ3n) is 4.84. The molecule has 5 aromatic rings. The number of hydrogen-bond acceptors (Lipinski definition) is 1. The Kier molecular flexibility index (Phi) is 3.80. The molecular weight excluding hydrogens is 354 g/mol. The van der Waals surface area contributed by atoms with Gasteiger partial charge >= 0.3 is 0 Å². The van der Waals surface area contributed by atoms with Crippen molar-refractivity contribution in [1.82, 2.24) is 15.0 Å². The summed E-state index contributed by atoms with van der Waals surface area (Å²) in [4.78, 5) is 11.0. The van der Waals surface area contributed by atoms with E-state index in [9.17, 15) is 0 Å². The molecule has 0 fully saturated rings. The molecule has 0 unspecified atom stereocenters. The van der Waals surface area contributed by atoms with Crippen molar-refractivity contribution in [3.8, 4) is 33.5 Å². The van der Waals surface area contributed by atoms with Crippen molar-refractivity contribution in [3.05, 3.63) is 90.5 Å². The van der Waals surface area contributed by atoms with Crippen molar-refractivity contribution in [2.75, 3.05) is 0 Å². The maximum Gasteiger partial charge on any atom is 0.0540 e. The Morgan fingerprint density at radius 3 is 2.48 bits per heavy atom. The number of nitrogens with zero attached hydrogens (tertiary/aromatic N) is 1. The summed E-state index contributed by atoms with van der Waals surface area (Å²) in [5, 5.41) is 1.91. The highest BCUT2D eigenvalue weighted by molar-refractivity contribution is 6.30. The Morgan fingerprint density at radius 2 is 1.63 bits per heavy atom. The zero-order chi connectivity index (χ0) is 18.2. The molecule has 0 aliphatic heterocycles. The minimum Gasteiger partial charge on any atom is -0.361 e. The lowest BCUT2D eigenvalue weighted by atomic mass is 9.94. The van der Waals surface area contributed by atoms with Crippen molar-refractivity contribution in [1.29, 1.82) is 0 Å². The standard InChI is InChI=1S/C23H16ClN3/c24-18-5-1-4-17(13-18)23-21(15-7-10-25-11-8-15)20(14-27-23)19-6-2-3-16-9-12-26-22(16)19/h1-14,26-27H. The predicted octanol–water partition coefficient (Wildman–Crippen LogP) is 6.55. The molecule has 27 heavy (non-hydrogen) atoms. The average Bonchev–Trinajstić information content (AvgIpc) is 3.35. The fourth-order valence-electron chi connectivity index (χ4n) is 3.64. The van der Waals surface area contributed by atoms with Crippen molar-refractivity contribution < 1.29 is 0 Å². The van der Waals surface area contributed by atoms with Crippen LogP contribution in [0.3, 0.4) is 0 Å². The molecule has 0 amide bonds. The van der Waals surface area contributed by atoms with Gasteiger partial charge in [0.25, 0.3) is 0 Å². The Labute approximate surface area is 161 Å². The van der Waals surface area contributed by atoms with Crippen molar-refractivity contribution in [2.24, 2.45) is 0 Å². The summed E-state index contributed by atoms with van der Waals surface area (Å²) in [6, 6.07) is 20.4. The number of H-pyrrole nitrogens is 2. The van der Waals surface area contributed by atoms with Crippen LogP contribution in [-0.2, 0) is 0 Å². The SMILES string of the molecule is Clc1cccc(-c2[nH]cc(-c3cccc4cc[nH]c34)c2-c2ccncc2)c1. The number of rotatable bonds is 3. The first-order chi connectivity index (χ1) is 13.3. The quantitative estimate of drug-likeness (QED) is 0.372. The zero-order valence-corrected chi connectivity index (χ0v) is 15.2. The van der Waals surface area contributed by atoms with E-state index in [1.807, 2.05) is 48.9 Å². The molecule has 5 rings (SSSR count). The molecule has 2 aromatic carbocycles. The summed E-state index contributed by atoms with van der Waals surface area (Å²) in [5.41, 5.74) is 7.78. The van der Waals surface area contributed by atoms with Crippen LogP contribution in [-0.4, -0.2) is 15.0 Å².